The summed E-state index contributed by atoms with van der Waals surface area (Å²) in [5, 5.41) is 14.9. The van der Waals surface area contributed by atoms with Gasteiger partial charge in [0.1, 0.15) is 5.82 Å². The van der Waals surface area contributed by atoms with E-state index in [4.69, 9.17) is 4.42 Å². The molecular formula is C21H21FN4O3S. The lowest BCUT2D eigenvalue weighted by atomic mass is 10.0. The zero-order chi connectivity index (χ0) is 20.9. The maximum absolute atomic E-state index is 13.0. The molecule has 0 saturated carbocycles. The Hall–Kier alpha value is -3.07. The summed E-state index contributed by atoms with van der Waals surface area (Å²) in [4.78, 5) is 26.6. The number of hydrogen-bond acceptors (Lipinski definition) is 6. The van der Waals surface area contributed by atoms with E-state index in [1.54, 1.807) is 16.2 Å². The zero-order valence-corrected chi connectivity index (χ0v) is 17.0. The summed E-state index contributed by atoms with van der Waals surface area (Å²) >= 11 is 1.55. The van der Waals surface area contributed by atoms with Crippen molar-refractivity contribution in [2.24, 2.45) is 0 Å². The molecule has 0 aliphatic carbocycles. The molecule has 0 atom stereocenters. The highest BCUT2D eigenvalue weighted by molar-refractivity contribution is 7.08. The summed E-state index contributed by atoms with van der Waals surface area (Å²) in [7, 11) is 0. The van der Waals surface area contributed by atoms with Crippen LogP contribution < -0.4 is 5.32 Å². The Morgan fingerprint density at radius 1 is 1.17 bits per heavy atom. The summed E-state index contributed by atoms with van der Waals surface area (Å²) in [5.74, 6) is 0.357. The predicted octanol–water partition coefficient (Wildman–Crippen LogP) is 3.29. The third-order valence-corrected chi connectivity index (χ3v) is 5.76. The molecule has 2 aromatic heterocycles. The highest BCUT2D eigenvalue weighted by Crippen LogP contribution is 2.21. The molecule has 3 heterocycles. The number of hydrogen-bond donors (Lipinski definition) is 1. The standard InChI is InChI=1S/C21H21FN4O3S/c22-16-3-1-14(2-4-16)20(28)23-17-7-10-26(11-8-17)19(27)6-5-18-24-25-21(29-18)15-9-12-30-13-15/h1-4,9,12-13,17H,5-8,10-11H2,(H,23,28). The number of benzene rings is 1. The van der Waals surface area contributed by atoms with Gasteiger partial charge in [-0.25, -0.2) is 4.39 Å². The predicted molar refractivity (Wildman–Crippen MR) is 109 cm³/mol. The molecule has 2 amide bonds. The minimum atomic E-state index is -0.374. The van der Waals surface area contributed by atoms with Gasteiger partial charge in [-0.2, -0.15) is 11.3 Å². The molecule has 0 unspecified atom stereocenters. The van der Waals surface area contributed by atoms with Gasteiger partial charge in [0.05, 0.1) is 0 Å². The van der Waals surface area contributed by atoms with Crippen LogP contribution in [0.3, 0.4) is 0 Å². The lowest BCUT2D eigenvalue weighted by Crippen LogP contribution is -2.46. The molecule has 1 aliphatic heterocycles. The Kier molecular flexibility index (Phi) is 6.18. The van der Waals surface area contributed by atoms with Crippen molar-refractivity contribution in [3.05, 3.63) is 58.4 Å². The number of nitrogens with zero attached hydrogens (tertiary/aromatic N) is 3. The Morgan fingerprint density at radius 3 is 2.63 bits per heavy atom. The minimum absolute atomic E-state index is 0.00397. The molecule has 4 rings (SSSR count). The number of carbonyl (C=O) groups is 2. The Morgan fingerprint density at radius 2 is 1.93 bits per heavy atom. The van der Waals surface area contributed by atoms with E-state index in [0.29, 0.717) is 56.1 Å². The fourth-order valence-electron chi connectivity index (χ4n) is 3.37. The van der Waals surface area contributed by atoms with Crippen molar-refractivity contribution in [1.82, 2.24) is 20.4 Å². The van der Waals surface area contributed by atoms with Crippen LogP contribution in [-0.2, 0) is 11.2 Å². The van der Waals surface area contributed by atoms with Crippen molar-refractivity contribution in [3.63, 3.8) is 0 Å². The molecule has 0 radical (unpaired) electrons. The van der Waals surface area contributed by atoms with Gasteiger partial charge in [0, 0.05) is 48.5 Å². The van der Waals surface area contributed by atoms with Gasteiger partial charge >= 0.3 is 0 Å². The highest BCUT2D eigenvalue weighted by Gasteiger charge is 2.24. The Bertz CT molecular complexity index is 996. The van der Waals surface area contributed by atoms with Gasteiger partial charge in [0.2, 0.25) is 17.7 Å². The Balaban J connectivity index is 1.21. The molecule has 0 spiro atoms. The average Bonchev–Trinajstić information content (AvgIpc) is 3.45. The third-order valence-electron chi connectivity index (χ3n) is 5.08. The van der Waals surface area contributed by atoms with Crippen LogP contribution >= 0.6 is 11.3 Å². The number of carbonyl (C=O) groups excluding carboxylic acids is 2. The van der Waals surface area contributed by atoms with E-state index in [0.717, 1.165) is 5.56 Å². The van der Waals surface area contributed by atoms with Crippen LogP contribution in [0.5, 0.6) is 0 Å². The summed E-state index contributed by atoms with van der Waals surface area (Å²) in [5.41, 5.74) is 1.31. The quantitative estimate of drug-likeness (QED) is 0.651. The summed E-state index contributed by atoms with van der Waals surface area (Å²) < 4.78 is 18.6. The van der Waals surface area contributed by atoms with Gasteiger partial charge < -0.3 is 14.6 Å². The number of amides is 2. The zero-order valence-electron chi connectivity index (χ0n) is 16.2. The number of nitrogens with one attached hydrogen (secondary N) is 1. The number of halogens is 1. The van der Waals surface area contributed by atoms with E-state index in [-0.39, 0.29) is 23.7 Å². The second kappa shape index (κ2) is 9.17. The molecule has 1 N–H and O–H groups in total. The molecule has 1 aromatic carbocycles. The van der Waals surface area contributed by atoms with Crippen LogP contribution in [0.25, 0.3) is 11.5 Å². The SMILES string of the molecule is O=C(NC1CCN(C(=O)CCc2nnc(-c3ccsc3)o2)CC1)c1ccc(F)cc1. The molecule has 7 nitrogen and oxygen atoms in total. The maximum atomic E-state index is 13.0. The lowest BCUT2D eigenvalue weighted by Gasteiger charge is -2.32. The first-order chi connectivity index (χ1) is 14.6. The van der Waals surface area contributed by atoms with E-state index in [1.165, 1.54) is 24.3 Å². The molecule has 9 heteroatoms. The first-order valence-electron chi connectivity index (χ1n) is 9.77. The largest absolute Gasteiger partial charge is 0.421 e. The first kappa shape index (κ1) is 20.2. The summed E-state index contributed by atoms with van der Waals surface area (Å²) in [6.45, 7) is 1.16. The van der Waals surface area contributed by atoms with Crippen LogP contribution in [0.2, 0.25) is 0 Å². The van der Waals surface area contributed by atoms with Gasteiger partial charge in [-0.15, -0.1) is 10.2 Å². The van der Waals surface area contributed by atoms with Crippen LogP contribution in [0, 0.1) is 5.82 Å². The van der Waals surface area contributed by atoms with Crippen LogP contribution in [0.1, 0.15) is 35.5 Å². The summed E-state index contributed by atoms with van der Waals surface area (Å²) in [6.07, 6.45) is 2.07. The number of rotatable bonds is 6. The number of thiophene rings is 1. The monoisotopic (exact) mass is 428 g/mol. The maximum Gasteiger partial charge on any atom is 0.251 e. The van der Waals surface area contributed by atoms with E-state index in [2.05, 4.69) is 15.5 Å². The number of aromatic nitrogens is 2. The van der Waals surface area contributed by atoms with Crippen LogP contribution in [-0.4, -0.2) is 46.0 Å². The molecule has 1 aliphatic rings. The molecule has 1 saturated heterocycles. The fourth-order valence-corrected chi connectivity index (χ4v) is 4.00. The van der Waals surface area contributed by atoms with Crippen molar-refractivity contribution in [2.45, 2.75) is 31.7 Å². The van der Waals surface area contributed by atoms with Gasteiger partial charge in [-0.1, -0.05) is 0 Å². The molecule has 1 fully saturated rings. The normalized spacial score (nSPS) is 14.6. The van der Waals surface area contributed by atoms with Gasteiger partial charge in [0.15, 0.2) is 0 Å². The number of aryl methyl sites for hydroxylation is 1. The van der Waals surface area contributed by atoms with Gasteiger partial charge in [-0.3, -0.25) is 9.59 Å². The van der Waals surface area contributed by atoms with E-state index in [1.807, 2.05) is 16.8 Å². The van der Waals surface area contributed by atoms with E-state index >= 15 is 0 Å². The molecule has 3 aromatic rings. The van der Waals surface area contributed by atoms with Gasteiger partial charge in [-0.05, 0) is 48.6 Å². The molecule has 30 heavy (non-hydrogen) atoms. The second-order valence-corrected chi connectivity index (χ2v) is 7.93. The third kappa shape index (κ3) is 4.91. The molecule has 0 bridgehead atoms. The number of likely N-dealkylation sites (tertiary alicyclic amines) is 1. The molecule has 156 valence electrons. The Labute approximate surface area is 176 Å². The van der Waals surface area contributed by atoms with Crippen molar-refractivity contribution < 1.29 is 18.4 Å². The van der Waals surface area contributed by atoms with E-state index < -0.39 is 0 Å². The van der Waals surface area contributed by atoms with Gasteiger partial charge in [0.25, 0.3) is 5.91 Å². The van der Waals surface area contributed by atoms with Crippen molar-refractivity contribution in [3.8, 4) is 11.5 Å². The smallest absolute Gasteiger partial charge is 0.251 e. The van der Waals surface area contributed by atoms with Crippen molar-refractivity contribution in [1.29, 1.82) is 0 Å². The topological polar surface area (TPSA) is 88.3 Å². The molecular weight excluding hydrogens is 407 g/mol. The lowest BCUT2D eigenvalue weighted by molar-refractivity contribution is -0.132. The fraction of sp³-hybridized carbons (Fsp3) is 0.333. The minimum Gasteiger partial charge on any atom is -0.421 e. The second-order valence-electron chi connectivity index (χ2n) is 7.15. The highest BCUT2D eigenvalue weighted by atomic mass is 32.1. The van der Waals surface area contributed by atoms with E-state index in [9.17, 15) is 14.0 Å². The average molecular weight is 428 g/mol. The number of piperidine rings is 1. The van der Waals surface area contributed by atoms with Crippen molar-refractivity contribution in [2.75, 3.05) is 13.1 Å². The first-order valence-corrected chi connectivity index (χ1v) is 10.7. The summed E-state index contributed by atoms with van der Waals surface area (Å²) in [6, 6.07) is 7.36. The van der Waals surface area contributed by atoms with Crippen molar-refractivity contribution >= 4 is 23.2 Å². The van der Waals surface area contributed by atoms with Crippen LogP contribution in [0.15, 0.2) is 45.5 Å². The van der Waals surface area contributed by atoms with Crippen LogP contribution in [0.4, 0.5) is 4.39 Å².